The topological polar surface area (TPSA) is 46.3 Å². The predicted octanol–water partition coefficient (Wildman–Crippen LogP) is 3.38. The third-order valence-corrected chi connectivity index (χ3v) is 4.88. The monoisotopic (exact) mass is 392 g/mol. The minimum absolute atomic E-state index is 0.0759. The fourth-order valence-electron chi connectivity index (χ4n) is 2.92. The maximum Gasteiger partial charge on any atom is 0.259 e. The van der Waals surface area contributed by atoms with E-state index in [-0.39, 0.29) is 5.91 Å². The number of hydrogen-bond donors (Lipinski definition) is 1. The summed E-state index contributed by atoms with van der Waals surface area (Å²) in [6.07, 6.45) is 0.909. The summed E-state index contributed by atoms with van der Waals surface area (Å²) in [6.45, 7) is 1.37. The minimum Gasteiger partial charge on any atom is -0.330 e. The number of nitrogens with zero attached hydrogens (tertiary/aromatic N) is 1. The van der Waals surface area contributed by atoms with E-state index in [2.05, 4.69) is 28.7 Å². The molecular formula is C17H17IN2O. The zero-order valence-corrected chi connectivity index (χ0v) is 13.8. The Labute approximate surface area is 138 Å². The molecule has 0 bridgehead atoms. The van der Waals surface area contributed by atoms with Crippen molar-refractivity contribution in [3.8, 4) is 0 Å². The van der Waals surface area contributed by atoms with Crippen molar-refractivity contribution in [1.82, 2.24) is 0 Å². The van der Waals surface area contributed by atoms with E-state index in [1.54, 1.807) is 0 Å². The Kier molecular flexibility index (Phi) is 4.26. The van der Waals surface area contributed by atoms with E-state index < -0.39 is 0 Å². The van der Waals surface area contributed by atoms with Crippen LogP contribution in [0.25, 0.3) is 0 Å². The number of carbonyl (C=O) groups excluding carboxylic acids is 1. The molecule has 0 aliphatic carbocycles. The highest BCUT2D eigenvalue weighted by Crippen LogP contribution is 2.38. The fraction of sp³-hybridized carbons (Fsp3) is 0.235. The van der Waals surface area contributed by atoms with Crippen LogP contribution in [0.3, 0.4) is 0 Å². The van der Waals surface area contributed by atoms with E-state index in [9.17, 15) is 4.79 Å². The van der Waals surface area contributed by atoms with Crippen molar-refractivity contribution in [3.63, 3.8) is 0 Å². The van der Waals surface area contributed by atoms with Crippen molar-refractivity contribution < 1.29 is 4.79 Å². The van der Waals surface area contributed by atoms with E-state index in [4.69, 9.17) is 5.73 Å². The standard InChI is InChI=1S/C17H17IN2O/c18-15-7-3-1-6-14(15)17(21)20-11-12(9-10-19)13-5-2-4-8-16(13)20/h1-8,12H,9-11,19H2. The Balaban J connectivity index is 1.97. The third-order valence-electron chi connectivity index (χ3n) is 3.93. The number of anilines is 1. The van der Waals surface area contributed by atoms with Crippen molar-refractivity contribution in [2.75, 3.05) is 18.0 Å². The van der Waals surface area contributed by atoms with E-state index in [0.29, 0.717) is 12.5 Å². The molecule has 0 radical (unpaired) electrons. The third kappa shape index (κ3) is 2.70. The molecule has 1 amide bonds. The van der Waals surface area contributed by atoms with Gasteiger partial charge in [-0.15, -0.1) is 0 Å². The molecule has 1 aliphatic heterocycles. The highest BCUT2D eigenvalue weighted by molar-refractivity contribution is 14.1. The Morgan fingerprint density at radius 2 is 1.90 bits per heavy atom. The molecule has 108 valence electrons. The average molecular weight is 392 g/mol. The lowest BCUT2D eigenvalue weighted by atomic mass is 9.98. The predicted molar refractivity (Wildman–Crippen MR) is 93.7 cm³/mol. The molecule has 2 aromatic carbocycles. The van der Waals surface area contributed by atoms with Gasteiger partial charge in [0.1, 0.15) is 0 Å². The molecule has 2 aromatic rings. The van der Waals surface area contributed by atoms with Crippen LogP contribution in [-0.2, 0) is 0 Å². The fourth-order valence-corrected chi connectivity index (χ4v) is 3.53. The van der Waals surface area contributed by atoms with Crippen LogP contribution in [0.15, 0.2) is 48.5 Å². The second-order valence-corrected chi connectivity index (χ2v) is 6.39. The van der Waals surface area contributed by atoms with Gasteiger partial charge in [0.2, 0.25) is 0 Å². The van der Waals surface area contributed by atoms with Crippen LogP contribution >= 0.6 is 22.6 Å². The van der Waals surface area contributed by atoms with E-state index in [1.807, 2.05) is 47.4 Å². The van der Waals surface area contributed by atoms with E-state index >= 15 is 0 Å². The number of carbonyl (C=O) groups is 1. The summed E-state index contributed by atoms with van der Waals surface area (Å²) in [4.78, 5) is 14.8. The molecule has 0 saturated carbocycles. The smallest absolute Gasteiger partial charge is 0.259 e. The van der Waals surface area contributed by atoms with Crippen molar-refractivity contribution in [2.24, 2.45) is 5.73 Å². The first-order valence-electron chi connectivity index (χ1n) is 7.07. The summed E-state index contributed by atoms with van der Waals surface area (Å²) in [5.41, 5.74) is 8.75. The molecule has 0 saturated heterocycles. The molecule has 2 N–H and O–H groups in total. The van der Waals surface area contributed by atoms with Crippen molar-refractivity contribution >= 4 is 34.2 Å². The van der Waals surface area contributed by atoms with Gasteiger partial charge < -0.3 is 10.6 Å². The zero-order valence-electron chi connectivity index (χ0n) is 11.6. The van der Waals surface area contributed by atoms with Crippen LogP contribution in [0.4, 0.5) is 5.69 Å². The van der Waals surface area contributed by atoms with Gasteiger partial charge in [0.05, 0.1) is 5.56 Å². The number of para-hydroxylation sites is 1. The SMILES string of the molecule is NCCC1CN(C(=O)c2ccccc2I)c2ccccc21. The van der Waals surface area contributed by atoms with Gasteiger partial charge in [-0.2, -0.15) is 0 Å². The van der Waals surface area contributed by atoms with Gasteiger partial charge in [-0.25, -0.2) is 0 Å². The first-order valence-corrected chi connectivity index (χ1v) is 8.15. The summed E-state index contributed by atoms with van der Waals surface area (Å²) in [5.74, 6) is 0.420. The van der Waals surface area contributed by atoms with Crippen LogP contribution in [0.2, 0.25) is 0 Å². The normalized spacial score (nSPS) is 16.9. The Hall–Kier alpha value is -1.40. The summed E-state index contributed by atoms with van der Waals surface area (Å²) >= 11 is 2.22. The maximum absolute atomic E-state index is 12.9. The lowest BCUT2D eigenvalue weighted by Gasteiger charge is -2.18. The number of hydrogen-bond acceptors (Lipinski definition) is 2. The van der Waals surface area contributed by atoms with Crippen LogP contribution < -0.4 is 10.6 Å². The molecule has 0 fully saturated rings. The molecule has 3 nitrogen and oxygen atoms in total. The molecule has 1 atom stereocenters. The maximum atomic E-state index is 12.9. The quantitative estimate of drug-likeness (QED) is 0.815. The molecule has 21 heavy (non-hydrogen) atoms. The zero-order chi connectivity index (χ0) is 14.8. The Bertz CT molecular complexity index is 671. The number of halogens is 1. The average Bonchev–Trinajstić information content (AvgIpc) is 2.87. The highest BCUT2D eigenvalue weighted by Gasteiger charge is 2.32. The van der Waals surface area contributed by atoms with Crippen LogP contribution in [0, 0.1) is 3.57 Å². The summed E-state index contributed by atoms with van der Waals surface area (Å²) < 4.78 is 0.986. The lowest BCUT2D eigenvalue weighted by Crippen LogP contribution is -2.30. The Morgan fingerprint density at radius 1 is 1.19 bits per heavy atom. The van der Waals surface area contributed by atoms with Gasteiger partial charge in [-0.3, -0.25) is 4.79 Å². The first-order chi connectivity index (χ1) is 10.2. The van der Waals surface area contributed by atoms with Gasteiger partial charge in [0, 0.05) is 21.7 Å². The van der Waals surface area contributed by atoms with E-state index in [1.165, 1.54) is 5.56 Å². The molecule has 0 spiro atoms. The molecular weight excluding hydrogens is 375 g/mol. The van der Waals surface area contributed by atoms with Crippen LogP contribution in [0.1, 0.15) is 28.3 Å². The van der Waals surface area contributed by atoms with Gasteiger partial charge >= 0.3 is 0 Å². The van der Waals surface area contributed by atoms with Gasteiger partial charge in [0.25, 0.3) is 5.91 Å². The molecule has 1 heterocycles. The highest BCUT2D eigenvalue weighted by atomic mass is 127. The molecule has 3 rings (SSSR count). The number of fused-ring (bicyclic) bond motifs is 1. The number of benzene rings is 2. The van der Waals surface area contributed by atoms with Gasteiger partial charge in [-0.05, 0) is 59.3 Å². The largest absolute Gasteiger partial charge is 0.330 e. The summed E-state index contributed by atoms with van der Waals surface area (Å²) in [6, 6.07) is 15.9. The molecule has 0 aromatic heterocycles. The molecule has 1 aliphatic rings. The Morgan fingerprint density at radius 3 is 2.67 bits per heavy atom. The number of rotatable bonds is 3. The van der Waals surface area contributed by atoms with Crippen molar-refractivity contribution in [3.05, 3.63) is 63.2 Å². The van der Waals surface area contributed by atoms with E-state index in [0.717, 1.165) is 27.8 Å². The van der Waals surface area contributed by atoms with Crippen molar-refractivity contribution in [1.29, 1.82) is 0 Å². The molecule has 4 heteroatoms. The minimum atomic E-state index is 0.0759. The lowest BCUT2D eigenvalue weighted by molar-refractivity contribution is 0.0987. The van der Waals surface area contributed by atoms with Gasteiger partial charge in [-0.1, -0.05) is 30.3 Å². The second kappa shape index (κ2) is 6.15. The second-order valence-electron chi connectivity index (χ2n) is 5.23. The van der Waals surface area contributed by atoms with Gasteiger partial charge in [0.15, 0.2) is 0 Å². The van der Waals surface area contributed by atoms with Crippen LogP contribution in [-0.4, -0.2) is 19.0 Å². The first kappa shape index (κ1) is 14.5. The molecule has 1 unspecified atom stereocenters. The summed E-state index contributed by atoms with van der Waals surface area (Å²) in [7, 11) is 0. The summed E-state index contributed by atoms with van der Waals surface area (Å²) in [5, 5.41) is 0. The van der Waals surface area contributed by atoms with Crippen LogP contribution in [0.5, 0.6) is 0 Å². The van der Waals surface area contributed by atoms with Crippen molar-refractivity contribution in [2.45, 2.75) is 12.3 Å². The number of amides is 1. The number of nitrogens with two attached hydrogens (primary N) is 1.